The molecular formula is C15H16ClN3S. The second-order valence-corrected chi connectivity index (χ2v) is 7.00. The van der Waals surface area contributed by atoms with Gasteiger partial charge < -0.3 is 4.57 Å². The van der Waals surface area contributed by atoms with Gasteiger partial charge in [0.25, 0.3) is 0 Å². The predicted molar refractivity (Wildman–Crippen MR) is 84.7 cm³/mol. The molecule has 3 rings (SSSR count). The normalized spacial score (nSPS) is 13.0. The van der Waals surface area contributed by atoms with Crippen molar-refractivity contribution in [2.45, 2.75) is 32.7 Å². The molecule has 2 aromatic heterocycles. The Morgan fingerprint density at radius 3 is 2.80 bits per heavy atom. The van der Waals surface area contributed by atoms with Gasteiger partial charge in [-0.1, -0.05) is 6.07 Å². The van der Waals surface area contributed by atoms with E-state index in [1.54, 1.807) is 11.3 Å². The molecule has 2 heterocycles. The van der Waals surface area contributed by atoms with Crippen molar-refractivity contribution in [2.24, 2.45) is 0 Å². The summed E-state index contributed by atoms with van der Waals surface area (Å²) in [6.45, 7) is 6.83. The van der Waals surface area contributed by atoms with Gasteiger partial charge in [-0.25, -0.2) is 9.97 Å². The second kappa shape index (κ2) is 5.19. The number of hydrogen-bond donors (Lipinski definition) is 0. The van der Waals surface area contributed by atoms with Crippen molar-refractivity contribution < 1.29 is 0 Å². The Hall–Kier alpha value is -1.39. The van der Waals surface area contributed by atoms with Crippen LogP contribution in [0.5, 0.6) is 0 Å². The van der Waals surface area contributed by atoms with E-state index in [1.807, 2.05) is 13.1 Å². The highest BCUT2D eigenvalue weighted by atomic mass is 35.5. The molecule has 3 aromatic rings. The van der Waals surface area contributed by atoms with Crippen LogP contribution in [0, 0.1) is 13.8 Å². The maximum absolute atomic E-state index is 6.29. The number of fused-ring (bicyclic) bond motifs is 1. The van der Waals surface area contributed by atoms with E-state index >= 15 is 0 Å². The molecule has 20 heavy (non-hydrogen) atoms. The zero-order chi connectivity index (χ0) is 14.3. The highest BCUT2D eigenvalue weighted by molar-refractivity contribution is 7.11. The van der Waals surface area contributed by atoms with Gasteiger partial charge in [0.1, 0.15) is 10.8 Å². The van der Waals surface area contributed by atoms with Crippen molar-refractivity contribution >= 4 is 34.0 Å². The lowest BCUT2D eigenvalue weighted by Crippen LogP contribution is -2.05. The summed E-state index contributed by atoms with van der Waals surface area (Å²) in [5, 5.41) is 0.963. The highest BCUT2D eigenvalue weighted by Crippen LogP contribution is 2.27. The van der Waals surface area contributed by atoms with Gasteiger partial charge in [0, 0.05) is 11.1 Å². The monoisotopic (exact) mass is 305 g/mol. The van der Waals surface area contributed by atoms with Crippen LogP contribution in [0.25, 0.3) is 11.0 Å². The lowest BCUT2D eigenvalue weighted by Gasteiger charge is -2.08. The summed E-state index contributed by atoms with van der Waals surface area (Å²) in [5.41, 5.74) is 3.33. The third-order valence-corrected chi connectivity index (χ3v) is 4.34. The lowest BCUT2D eigenvalue weighted by atomic mass is 10.2. The number of rotatable bonds is 3. The number of benzene rings is 1. The minimum Gasteiger partial charge on any atom is -0.320 e. The van der Waals surface area contributed by atoms with Crippen LogP contribution in [0.2, 0.25) is 0 Å². The molecule has 0 spiro atoms. The Bertz CT molecular complexity index is 758. The quantitative estimate of drug-likeness (QED) is 0.669. The molecule has 1 atom stereocenters. The molecule has 1 aromatic carbocycles. The fourth-order valence-electron chi connectivity index (χ4n) is 2.34. The fraction of sp³-hybridized carbons (Fsp3) is 0.333. The Morgan fingerprint density at radius 1 is 1.35 bits per heavy atom. The van der Waals surface area contributed by atoms with Crippen LogP contribution in [0.4, 0.5) is 0 Å². The molecular weight excluding hydrogens is 290 g/mol. The minimum atomic E-state index is -0.122. The van der Waals surface area contributed by atoms with E-state index in [0.717, 1.165) is 28.4 Å². The molecule has 5 heteroatoms. The van der Waals surface area contributed by atoms with Gasteiger partial charge in [-0.15, -0.1) is 22.9 Å². The van der Waals surface area contributed by atoms with Crippen molar-refractivity contribution in [3.8, 4) is 0 Å². The number of thiazole rings is 1. The Kier molecular flexibility index (Phi) is 3.52. The molecule has 0 saturated carbocycles. The van der Waals surface area contributed by atoms with E-state index in [-0.39, 0.29) is 5.38 Å². The SMILES string of the molecule is Cc1ccc2c(c1)nc(C(C)Cl)n2Cc1ncc(C)s1. The fourth-order valence-corrected chi connectivity index (χ4v) is 3.28. The van der Waals surface area contributed by atoms with Crippen molar-refractivity contribution in [3.63, 3.8) is 0 Å². The van der Waals surface area contributed by atoms with Gasteiger partial charge in [-0.05, 0) is 38.5 Å². The number of aryl methyl sites for hydroxylation is 2. The predicted octanol–water partition coefficient (Wildman–Crippen LogP) is 4.46. The molecule has 0 fully saturated rings. The van der Waals surface area contributed by atoms with Crippen LogP contribution in [0.1, 0.15) is 33.6 Å². The summed E-state index contributed by atoms with van der Waals surface area (Å²) >= 11 is 8.01. The van der Waals surface area contributed by atoms with E-state index in [4.69, 9.17) is 11.6 Å². The Morgan fingerprint density at radius 2 is 2.15 bits per heavy atom. The van der Waals surface area contributed by atoms with Crippen LogP contribution >= 0.6 is 22.9 Å². The zero-order valence-electron chi connectivity index (χ0n) is 11.7. The molecule has 3 nitrogen and oxygen atoms in total. The molecule has 0 aliphatic carbocycles. The Labute approximate surface area is 127 Å². The highest BCUT2D eigenvalue weighted by Gasteiger charge is 2.16. The topological polar surface area (TPSA) is 30.7 Å². The Balaban J connectivity index is 2.13. The second-order valence-electron chi connectivity index (χ2n) is 5.03. The average molecular weight is 306 g/mol. The van der Waals surface area contributed by atoms with E-state index in [9.17, 15) is 0 Å². The summed E-state index contributed by atoms with van der Waals surface area (Å²) in [6.07, 6.45) is 1.91. The molecule has 104 valence electrons. The largest absolute Gasteiger partial charge is 0.320 e. The summed E-state index contributed by atoms with van der Waals surface area (Å²) in [7, 11) is 0. The smallest absolute Gasteiger partial charge is 0.128 e. The molecule has 0 N–H and O–H groups in total. The van der Waals surface area contributed by atoms with E-state index < -0.39 is 0 Å². The maximum atomic E-state index is 6.29. The van der Waals surface area contributed by atoms with E-state index in [0.29, 0.717) is 0 Å². The van der Waals surface area contributed by atoms with E-state index in [2.05, 4.69) is 46.6 Å². The third kappa shape index (κ3) is 2.45. The van der Waals surface area contributed by atoms with Crippen molar-refractivity contribution in [1.82, 2.24) is 14.5 Å². The standard InChI is InChI=1S/C15H16ClN3S/c1-9-4-5-13-12(6-9)18-15(11(3)16)19(13)8-14-17-7-10(2)20-14/h4-7,11H,8H2,1-3H3. The number of alkyl halides is 1. The average Bonchev–Trinajstić information content (AvgIpc) is 2.94. The van der Waals surface area contributed by atoms with Gasteiger partial charge in [-0.2, -0.15) is 0 Å². The van der Waals surface area contributed by atoms with Gasteiger partial charge in [0.2, 0.25) is 0 Å². The van der Waals surface area contributed by atoms with Crippen LogP contribution in [-0.2, 0) is 6.54 Å². The number of aromatic nitrogens is 3. The first-order valence-corrected chi connectivity index (χ1v) is 7.82. The summed E-state index contributed by atoms with van der Waals surface area (Å²) in [6, 6.07) is 6.32. The molecule has 0 aliphatic heterocycles. The number of nitrogens with zero attached hydrogens (tertiary/aromatic N) is 3. The van der Waals surface area contributed by atoms with Crippen LogP contribution in [0.3, 0.4) is 0 Å². The van der Waals surface area contributed by atoms with Crippen LogP contribution < -0.4 is 0 Å². The molecule has 0 radical (unpaired) electrons. The van der Waals surface area contributed by atoms with Gasteiger partial charge >= 0.3 is 0 Å². The summed E-state index contributed by atoms with van der Waals surface area (Å²) < 4.78 is 2.17. The number of halogens is 1. The van der Waals surface area contributed by atoms with Crippen molar-refractivity contribution in [3.05, 3.63) is 45.7 Å². The summed E-state index contributed by atoms with van der Waals surface area (Å²) in [5.74, 6) is 0.903. The van der Waals surface area contributed by atoms with Crippen molar-refractivity contribution in [2.75, 3.05) is 0 Å². The number of hydrogen-bond acceptors (Lipinski definition) is 3. The maximum Gasteiger partial charge on any atom is 0.128 e. The molecule has 0 amide bonds. The van der Waals surface area contributed by atoms with E-state index in [1.165, 1.54) is 10.4 Å². The number of imidazole rings is 1. The zero-order valence-corrected chi connectivity index (χ0v) is 13.3. The third-order valence-electron chi connectivity index (χ3n) is 3.25. The van der Waals surface area contributed by atoms with Crippen LogP contribution in [-0.4, -0.2) is 14.5 Å². The molecule has 1 unspecified atom stereocenters. The van der Waals surface area contributed by atoms with Crippen molar-refractivity contribution in [1.29, 1.82) is 0 Å². The van der Waals surface area contributed by atoms with Crippen LogP contribution in [0.15, 0.2) is 24.4 Å². The molecule has 0 aliphatic rings. The van der Waals surface area contributed by atoms with Gasteiger partial charge in [0.05, 0.1) is 23.0 Å². The first-order valence-electron chi connectivity index (χ1n) is 6.57. The van der Waals surface area contributed by atoms with Gasteiger partial charge in [0.15, 0.2) is 0 Å². The first kappa shape index (κ1) is 13.6. The molecule has 0 saturated heterocycles. The molecule has 0 bridgehead atoms. The summed E-state index contributed by atoms with van der Waals surface area (Å²) in [4.78, 5) is 10.3. The first-order chi connectivity index (χ1) is 9.54. The minimum absolute atomic E-state index is 0.122. The lowest BCUT2D eigenvalue weighted by molar-refractivity contribution is 0.738. The van der Waals surface area contributed by atoms with Gasteiger partial charge in [-0.3, -0.25) is 0 Å².